The van der Waals surface area contributed by atoms with Crippen molar-refractivity contribution >= 4 is 63.5 Å². The van der Waals surface area contributed by atoms with Gasteiger partial charge in [-0.3, -0.25) is 24.4 Å². The van der Waals surface area contributed by atoms with Crippen molar-refractivity contribution in [3.63, 3.8) is 0 Å². The zero-order valence-electron chi connectivity index (χ0n) is 31.1. The molecule has 4 heterocycles. The highest BCUT2D eigenvalue weighted by atomic mass is 16.5. The number of aliphatic carboxylic acids is 1. The Morgan fingerprint density at radius 1 is 0.768 bits per heavy atom. The maximum atomic E-state index is 13.7. The molecule has 0 unspecified atom stereocenters. The van der Waals surface area contributed by atoms with E-state index in [1.807, 2.05) is 41.3 Å². The minimum Gasteiger partial charge on any atom is -0.480 e. The van der Waals surface area contributed by atoms with Crippen LogP contribution >= 0.6 is 0 Å². The number of imidazole rings is 2. The number of rotatable bonds is 19. The van der Waals surface area contributed by atoms with Gasteiger partial charge in [0.25, 0.3) is 5.91 Å². The minimum absolute atomic E-state index is 0.111. The van der Waals surface area contributed by atoms with Crippen molar-refractivity contribution in [2.45, 2.75) is 47.0 Å². The number of aryl methyl sites for hydroxylation is 3. The summed E-state index contributed by atoms with van der Waals surface area (Å²) in [5.41, 5.74) is 15.9. The number of carboxylic acids is 1. The van der Waals surface area contributed by atoms with Gasteiger partial charge in [0.05, 0.1) is 59.8 Å². The molecule has 0 aliphatic carbocycles. The zero-order chi connectivity index (χ0) is 39.9. The van der Waals surface area contributed by atoms with Crippen molar-refractivity contribution in [1.29, 1.82) is 0 Å². The Labute approximate surface area is 319 Å². The molecule has 0 fully saturated rings. The number of amides is 3. The second kappa shape index (κ2) is 17.1. The number of carbonyl (C=O) groups excluding carboxylic acids is 3. The summed E-state index contributed by atoms with van der Waals surface area (Å²) in [5.74, 6) is -1.18. The molecule has 4 aromatic heterocycles. The van der Waals surface area contributed by atoms with Crippen molar-refractivity contribution in [3.8, 4) is 0 Å². The van der Waals surface area contributed by atoms with E-state index in [-0.39, 0.29) is 50.1 Å². The van der Waals surface area contributed by atoms with Crippen LogP contribution in [0.2, 0.25) is 0 Å². The lowest BCUT2D eigenvalue weighted by molar-refractivity contribution is -0.142. The summed E-state index contributed by atoms with van der Waals surface area (Å²) < 4.78 is 17.6. The fraction of sp³-hybridized carbons (Fsp3) is 0.297. The first-order valence-corrected chi connectivity index (χ1v) is 17.7. The number of aromatic nitrogens is 8. The molecule has 0 saturated heterocycles. The van der Waals surface area contributed by atoms with Gasteiger partial charge in [-0.05, 0) is 63.2 Å². The molecule has 0 spiro atoms. The monoisotopic (exact) mass is 766 g/mol. The van der Waals surface area contributed by atoms with Crippen LogP contribution < -0.4 is 22.1 Å². The highest BCUT2D eigenvalue weighted by molar-refractivity contribution is 6.03. The van der Waals surface area contributed by atoms with Crippen LogP contribution in [0.3, 0.4) is 0 Å². The largest absolute Gasteiger partial charge is 0.480 e. The number of nitrogens with zero attached hydrogens (tertiary/aromatic N) is 8. The smallest absolute Gasteiger partial charge is 0.329 e. The summed E-state index contributed by atoms with van der Waals surface area (Å²) in [6.45, 7) is 7.29. The summed E-state index contributed by atoms with van der Waals surface area (Å²) in [5, 5.41) is 23.9. The van der Waals surface area contributed by atoms with E-state index in [4.69, 9.17) is 31.0 Å². The third-order valence-corrected chi connectivity index (χ3v) is 8.65. The molecule has 19 nitrogen and oxygen atoms in total. The number of primary amides is 2. The molecular weight excluding hydrogens is 724 g/mol. The molecule has 0 aliphatic heterocycles. The lowest BCUT2D eigenvalue weighted by atomic mass is 10.2. The minimum atomic E-state index is -1.06. The molecule has 0 bridgehead atoms. The number of nitrogens with one attached hydrogen (secondary N) is 2. The van der Waals surface area contributed by atoms with Crippen molar-refractivity contribution in [1.82, 2.24) is 38.7 Å². The number of carboxylic acid groups (broad SMARTS) is 1. The molecule has 6 aromatic rings. The molecule has 292 valence electrons. The van der Waals surface area contributed by atoms with E-state index in [0.717, 1.165) is 17.0 Å². The lowest BCUT2D eigenvalue weighted by Crippen LogP contribution is -2.21. The van der Waals surface area contributed by atoms with E-state index in [0.29, 0.717) is 46.8 Å². The molecule has 0 aliphatic rings. The maximum absolute atomic E-state index is 13.7. The first-order chi connectivity index (χ1) is 26.9. The number of hydrogen-bond donors (Lipinski definition) is 5. The van der Waals surface area contributed by atoms with Crippen LogP contribution in [-0.4, -0.2) is 93.9 Å². The van der Waals surface area contributed by atoms with Crippen molar-refractivity contribution in [2.75, 3.05) is 37.1 Å². The number of ether oxygens (including phenoxy) is 2. The van der Waals surface area contributed by atoms with Crippen LogP contribution in [0.5, 0.6) is 0 Å². The Morgan fingerprint density at radius 2 is 1.34 bits per heavy atom. The molecule has 19 heteroatoms. The first-order valence-electron chi connectivity index (χ1n) is 17.7. The fourth-order valence-electron chi connectivity index (χ4n) is 6.08. The Morgan fingerprint density at radius 3 is 1.95 bits per heavy atom. The number of hydrogen-bond acceptors (Lipinski definition) is 11. The second-order valence-corrected chi connectivity index (χ2v) is 12.7. The molecule has 3 amide bonds. The Bertz CT molecular complexity index is 2460. The quantitative estimate of drug-likeness (QED) is 0.0589. The van der Waals surface area contributed by atoms with Gasteiger partial charge in [0.2, 0.25) is 23.7 Å². The van der Waals surface area contributed by atoms with Crippen LogP contribution in [0.25, 0.3) is 22.1 Å². The molecule has 7 N–H and O–H groups in total. The van der Waals surface area contributed by atoms with Crippen LogP contribution in [0.1, 0.15) is 49.5 Å². The van der Waals surface area contributed by atoms with Crippen LogP contribution in [-0.2, 0) is 40.4 Å². The number of fused-ring (bicyclic) bond motifs is 2. The summed E-state index contributed by atoms with van der Waals surface area (Å²) in [6.07, 6.45) is 3.86. The summed E-state index contributed by atoms with van der Waals surface area (Å²) >= 11 is 0. The van der Waals surface area contributed by atoms with E-state index in [2.05, 4.69) is 25.8 Å². The number of anilines is 3. The van der Waals surface area contributed by atoms with Crippen LogP contribution in [0.4, 0.5) is 17.7 Å². The van der Waals surface area contributed by atoms with Gasteiger partial charge in [0.15, 0.2) is 0 Å². The highest BCUT2D eigenvalue weighted by Gasteiger charge is 2.20. The predicted octanol–water partition coefficient (Wildman–Crippen LogP) is 2.98. The molecule has 0 atom stereocenters. The van der Waals surface area contributed by atoms with Crippen molar-refractivity contribution < 1.29 is 33.8 Å². The average molecular weight is 767 g/mol. The third kappa shape index (κ3) is 8.91. The standard InChI is InChI=1S/C37H42N12O7/c1-4-48-31(18-23(3)44-48)42-36-40-26-19-24(33(38)52)7-9-28(26)46(36)11-5-6-12-47-29-10-8-25(34(39)53)20-27(29)41-37(47)43-35(54)30-17-22(2)45-49(30)13-14-55-15-16-56-21-32(50)51/h5-10,17-20H,4,11-16,21H2,1-3H3,(H2,38,52)(H2,39,53)(H,40,42)(H,50,51)(H,41,43,54)/b6-5+. The van der Waals surface area contributed by atoms with Gasteiger partial charge >= 0.3 is 5.97 Å². The van der Waals surface area contributed by atoms with Crippen LogP contribution in [0.15, 0.2) is 60.7 Å². The van der Waals surface area contributed by atoms with E-state index in [1.54, 1.807) is 54.0 Å². The lowest BCUT2D eigenvalue weighted by Gasteiger charge is -2.11. The SMILES string of the molecule is CCn1nc(C)cc1Nc1nc2cc(C(N)=O)ccc2n1C/C=C/Cn1c(NC(=O)c2cc(C)nn2CCOCCOCC(=O)O)nc2cc(C(N)=O)ccc21. The van der Waals surface area contributed by atoms with E-state index in [9.17, 15) is 19.2 Å². The number of nitrogens with two attached hydrogens (primary N) is 2. The fourth-order valence-corrected chi connectivity index (χ4v) is 6.08. The molecule has 0 saturated carbocycles. The predicted molar refractivity (Wildman–Crippen MR) is 206 cm³/mol. The van der Waals surface area contributed by atoms with E-state index >= 15 is 0 Å². The third-order valence-electron chi connectivity index (χ3n) is 8.65. The van der Waals surface area contributed by atoms with Crippen molar-refractivity contribution in [2.24, 2.45) is 11.5 Å². The first kappa shape index (κ1) is 38.9. The maximum Gasteiger partial charge on any atom is 0.329 e. The molecule has 56 heavy (non-hydrogen) atoms. The molecule has 6 rings (SSSR count). The second-order valence-electron chi connectivity index (χ2n) is 12.7. The van der Waals surface area contributed by atoms with Gasteiger partial charge in [0.1, 0.15) is 18.1 Å². The van der Waals surface area contributed by atoms with E-state index < -0.39 is 30.3 Å². The number of allylic oxidation sites excluding steroid dienone is 2. The Hall–Kier alpha value is -6.86. The summed E-state index contributed by atoms with van der Waals surface area (Å²) in [6, 6.07) is 13.6. The average Bonchev–Trinajstić information content (AvgIpc) is 3.91. The summed E-state index contributed by atoms with van der Waals surface area (Å²) in [7, 11) is 0. The molecular formula is C37H42N12O7. The Balaban J connectivity index is 1.24. The van der Waals surface area contributed by atoms with Crippen LogP contribution in [0, 0.1) is 13.8 Å². The van der Waals surface area contributed by atoms with Gasteiger partial charge in [-0.25, -0.2) is 19.4 Å². The Kier molecular flexibility index (Phi) is 11.8. The van der Waals surface area contributed by atoms with Gasteiger partial charge < -0.3 is 40.5 Å². The number of benzene rings is 2. The van der Waals surface area contributed by atoms with E-state index in [1.165, 1.54) is 4.68 Å². The molecule has 2 aromatic carbocycles. The molecule has 0 radical (unpaired) electrons. The van der Waals surface area contributed by atoms with Crippen molar-refractivity contribution in [3.05, 3.63) is 88.9 Å². The summed E-state index contributed by atoms with van der Waals surface area (Å²) in [4.78, 5) is 57.7. The number of carbonyl (C=O) groups is 4. The van der Waals surface area contributed by atoms with Gasteiger partial charge in [-0.15, -0.1) is 0 Å². The van der Waals surface area contributed by atoms with Gasteiger partial charge in [-0.2, -0.15) is 10.2 Å². The topological polar surface area (TPSA) is 254 Å². The zero-order valence-corrected chi connectivity index (χ0v) is 31.1. The van der Waals surface area contributed by atoms with Gasteiger partial charge in [-0.1, -0.05) is 12.2 Å². The highest BCUT2D eigenvalue weighted by Crippen LogP contribution is 2.26. The van der Waals surface area contributed by atoms with Gasteiger partial charge in [0, 0.05) is 36.8 Å². The normalized spacial score (nSPS) is 11.6.